The molecule has 1 amide bonds. The van der Waals surface area contributed by atoms with Crippen LogP contribution in [0, 0.1) is 0 Å². The topological polar surface area (TPSA) is 69.7 Å². The minimum atomic E-state index is -0.231. The average Bonchev–Trinajstić information content (AvgIpc) is 3.00. The molecule has 7 heteroatoms. The number of carbonyl (C=O) groups is 1. The summed E-state index contributed by atoms with van der Waals surface area (Å²) in [5.74, 6) is 1.80. The average molecular weight is 342 g/mol. The van der Waals surface area contributed by atoms with Gasteiger partial charge in [-0.2, -0.15) is 0 Å². The summed E-state index contributed by atoms with van der Waals surface area (Å²) in [6.07, 6.45) is 0. The molecule has 0 atom stereocenters. The molecule has 1 aliphatic rings. The van der Waals surface area contributed by atoms with Gasteiger partial charge in [0.2, 0.25) is 0 Å². The van der Waals surface area contributed by atoms with Crippen LogP contribution in [0.2, 0.25) is 0 Å². The van der Waals surface area contributed by atoms with Gasteiger partial charge in [-0.1, -0.05) is 17.4 Å². The number of amides is 1. The van der Waals surface area contributed by atoms with Crippen molar-refractivity contribution in [2.24, 2.45) is 0 Å². The first kappa shape index (κ1) is 14.8. The maximum absolute atomic E-state index is 12.4. The van der Waals surface area contributed by atoms with Crippen molar-refractivity contribution in [2.45, 2.75) is 0 Å². The normalized spacial score (nSPS) is 12.9. The second-order valence-corrected chi connectivity index (χ2v) is 6.20. The third-order valence-corrected chi connectivity index (χ3v) is 4.54. The van der Waals surface area contributed by atoms with Crippen molar-refractivity contribution in [3.05, 3.63) is 42.0 Å². The highest BCUT2D eigenvalue weighted by Gasteiger charge is 2.16. The summed E-state index contributed by atoms with van der Waals surface area (Å²) in [6, 6.07) is 10.7. The zero-order valence-corrected chi connectivity index (χ0v) is 13.7. The van der Waals surface area contributed by atoms with Crippen molar-refractivity contribution in [1.29, 1.82) is 0 Å². The lowest BCUT2D eigenvalue weighted by Gasteiger charge is -2.17. The summed E-state index contributed by atoms with van der Waals surface area (Å²) < 4.78 is 17.2. The minimum absolute atomic E-state index is 0.231. The van der Waals surface area contributed by atoms with Crippen LogP contribution < -0.4 is 19.5 Å². The number of carbonyl (C=O) groups excluding carboxylic acids is 1. The SMILES string of the molecule is COc1cccc(C(=O)Nc2nc3cc4c(cc3s2)OCCO4)c1. The molecule has 0 radical (unpaired) electrons. The van der Waals surface area contributed by atoms with E-state index in [2.05, 4.69) is 10.3 Å². The van der Waals surface area contributed by atoms with E-state index in [1.807, 2.05) is 12.1 Å². The van der Waals surface area contributed by atoms with Crippen LogP contribution in [0.25, 0.3) is 10.2 Å². The van der Waals surface area contributed by atoms with Crippen LogP contribution in [-0.2, 0) is 0 Å². The van der Waals surface area contributed by atoms with Gasteiger partial charge in [0.1, 0.15) is 19.0 Å². The molecular weight excluding hydrogens is 328 g/mol. The molecule has 0 saturated heterocycles. The first-order valence-corrected chi connectivity index (χ1v) is 8.20. The number of nitrogens with one attached hydrogen (secondary N) is 1. The van der Waals surface area contributed by atoms with Crippen molar-refractivity contribution in [3.8, 4) is 17.2 Å². The van der Waals surface area contributed by atoms with Gasteiger partial charge in [0.15, 0.2) is 16.6 Å². The Bertz CT molecular complexity index is 879. The van der Waals surface area contributed by atoms with Crippen LogP contribution in [0.5, 0.6) is 17.2 Å². The van der Waals surface area contributed by atoms with Gasteiger partial charge in [-0.05, 0) is 18.2 Å². The summed E-state index contributed by atoms with van der Waals surface area (Å²) in [5, 5.41) is 3.35. The fraction of sp³-hybridized carbons (Fsp3) is 0.176. The van der Waals surface area contributed by atoms with Gasteiger partial charge in [0.05, 0.1) is 17.3 Å². The number of anilines is 1. The lowest BCUT2D eigenvalue weighted by molar-refractivity contribution is 0.102. The first-order valence-electron chi connectivity index (χ1n) is 7.38. The highest BCUT2D eigenvalue weighted by atomic mass is 32.1. The summed E-state index contributed by atoms with van der Waals surface area (Å²) in [6.45, 7) is 1.07. The summed E-state index contributed by atoms with van der Waals surface area (Å²) in [4.78, 5) is 16.8. The standard InChI is InChI=1S/C17H14N2O4S/c1-21-11-4-2-3-10(7-11)16(20)19-17-18-12-8-13-14(9-15(12)24-17)23-6-5-22-13/h2-4,7-9H,5-6H2,1H3,(H,18,19,20). The third kappa shape index (κ3) is 2.74. The van der Waals surface area contributed by atoms with E-state index in [0.717, 1.165) is 10.2 Å². The number of hydrogen-bond acceptors (Lipinski definition) is 6. The molecule has 1 N–H and O–H groups in total. The number of thiazole rings is 1. The Morgan fingerprint density at radius 1 is 1.21 bits per heavy atom. The molecule has 3 aromatic rings. The lowest BCUT2D eigenvalue weighted by atomic mass is 10.2. The quantitative estimate of drug-likeness (QED) is 0.791. The fourth-order valence-electron chi connectivity index (χ4n) is 2.45. The molecule has 0 unspecified atom stereocenters. The molecule has 0 saturated carbocycles. The van der Waals surface area contributed by atoms with E-state index >= 15 is 0 Å². The van der Waals surface area contributed by atoms with Crippen molar-refractivity contribution in [2.75, 3.05) is 25.6 Å². The molecule has 0 aliphatic carbocycles. The predicted molar refractivity (Wildman–Crippen MR) is 91.6 cm³/mol. The number of methoxy groups -OCH3 is 1. The number of aromatic nitrogens is 1. The zero-order chi connectivity index (χ0) is 16.5. The molecule has 4 rings (SSSR count). The number of benzene rings is 2. The van der Waals surface area contributed by atoms with E-state index in [9.17, 15) is 4.79 Å². The second kappa shape index (κ2) is 6.01. The van der Waals surface area contributed by atoms with Crippen LogP contribution in [0.4, 0.5) is 5.13 Å². The molecule has 122 valence electrons. The molecule has 1 aromatic heterocycles. The van der Waals surface area contributed by atoms with E-state index in [1.54, 1.807) is 31.4 Å². The molecule has 6 nitrogen and oxygen atoms in total. The maximum atomic E-state index is 12.4. The van der Waals surface area contributed by atoms with Crippen molar-refractivity contribution in [1.82, 2.24) is 4.98 Å². The molecular formula is C17H14N2O4S. The van der Waals surface area contributed by atoms with Gasteiger partial charge < -0.3 is 14.2 Å². The third-order valence-electron chi connectivity index (χ3n) is 3.60. The summed E-state index contributed by atoms with van der Waals surface area (Å²) in [7, 11) is 1.57. The number of rotatable bonds is 3. The van der Waals surface area contributed by atoms with Crippen molar-refractivity contribution < 1.29 is 19.0 Å². The predicted octanol–water partition coefficient (Wildman–Crippen LogP) is 3.33. The van der Waals surface area contributed by atoms with Gasteiger partial charge in [0, 0.05) is 17.7 Å². The minimum Gasteiger partial charge on any atom is -0.497 e. The molecule has 0 fully saturated rings. The number of nitrogens with zero attached hydrogens (tertiary/aromatic N) is 1. The second-order valence-electron chi connectivity index (χ2n) is 5.17. The Kier molecular flexibility index (Phi) is 3.70. The van der Waals surface area contributed by atoms with Gasteiger partial charge in [0.25, 0.3) is 5.91 Å². The van der Waals surface area contributed by atoms with Crippen LogP contribution in [-0.4, -0.2) is 31.2 Å². The van der Waals surface area contributed by atoms with E-state index in [-0.39, 0.29) is 5.91 Å². The highest BCUT2D eigenvalue weighted by molar-refractivity contribution is 7.22. The summed E-state index contributed by atoms with van der Waals surface area (Å²) >= 11 is 1.39. The smallest absolute Gasteiger partial charge is 0.257 e. The van der Waals surface area contributed by atoms with E-state index in [0.29, 0.717) is 41.2 Å². The fourth-order valence-corrected chi connectivity index (χ4v) is 3.32. The van der Waals surface area contributed by atoms with E-state index < -0.39 is 0 Å². The molecule has 1 aliphatic heterocycles. The van der Waals surface area contributed by atoms with E-state index in [4.69, 9.17) is 14.2 Å². The van der Waals surface area contributed by atoms with Crippen molar-refractivity contribution >= 4 is 32.6 Å². The Hall–Kier alpha value is -2.80. The Morgan fingerprint density at radius 3 is 2.79 bits per heavy atom. The highest BCUT2D eigenvalue weighted by Crippen LogP contribution is 2.37. The van der Waals surface area contributed by atoms with Crippen LogP contribution in [0.3, 0.4) is 0 Å². The van der Waals surface area contributed by atoms with Crippen LogP contribution in [0.15, 0.2) is 36.4 Å². The van der Waals surface area contributed by atoms with Gasteiger partial charge >= 0.3 is 0 Å². The van der Waals surface area contributed by atoms with Crippen molar-refractivity contribution in [3.63, 3.8) is 0 Å². The Labute approximate surface area is 142 Å². The Morgan fingerprint density at radius 2 is 2.00 bits per heavy atom. The lowest BCUT2D eigenvalue weighted by Crippen LogP contribution is -2.15. The number of hydrogen-bond donors (Lipinski definition) is 1. The van der Waals surface area contributed by atoms with Crippen LogP contribution in [0.1, 0.15) is 10.4 Å². The Balaban J connectivity index is 1.61. The van der Waals surface area contributed by atoms with E-state index in [1.165, 1.54) is 11.3 Å². The largest absolute Gasteiger partial charge is 0.497 e. The summed E-state index contributed by atoms with van der Waals surface area (Å²) in [5.41, 5.74) is 1.28. The monoisotopic (exact) mass is 342 g/mol. The van der Waals surface area contributed by atoms with Gasteiger partial charge in [-0.3, -0.25) is 10.1 Å². The molecule has 2 heterocycles. The first-order chi connectivity index (χ1) is 11.7. The van der Waals surface area contributed by atoms with Gasteiger partial charge in [-0.25, -0.2) is 4.98 Å². The molecule has 0 bridgehead atoms. The van der Waals surface area contributed by atoms with Crippen LogP contribution >= 0.6 is 11.3 Å². The molecule has 2 aromatic carbocycles. The zero-order valence-electron chi connectivity index (χ0n) is 12.9. The number of ether oxygens (including phenoxy) is 3. The maximum Gasteiger partial charge on any atom is 0.257 e. The molecule has 24 heavy (non-hydrogen) atoms. The number of fused-ring (bicyclic) bond motifs is 2. The van der Waals surface area contributed by atoms with Gasteiger partial charge in [-0.15, -0.1) is 0 Å². The molecule has 0 spiro atoms.